The molecule has 1 saturated heterocycles. The number of rotatable bonds is 2. The van der Waals surface area contributed by atoms with Crippen molar-refractivity contribution in [2.24, 2.45) is 5.92 Å². The zero-order valence-corrected chi connectivity index (χ0v) is 7.70. The Balaban J connectivity index is 1.97. The van der Waals surface area contributed by atoms with E-state index in [1.54, 1.807) is 0 Å². The first-order valence-corrected chi connectivity index (χ1v) is 4.77. The van der Waals surface area contributed by atoms with Crippen molar-refractivity contribution in [3.63, 3.8) is 0 Å². The predicted octanol–water partition coefficient (Wildman–Crippen LogP) is 1.85. The van der Waals surface area contributed by atoms with E-state index in [4.69, 9.17) is 10.5 Å². The molecule has 2 heteroatoms. The van der Waals surface area contributed by atoms with Gasteiger partial charge >= 0.3 is 0 Å². The molecule has 1 aliphatic rings. The van der Waals surface area contributed by atoms with Crippen molar-refractivity contribution in [3.8, 4) is 0 Å². The number of hydrogen-bond donors (Lipinski definition) is 1. The summed E-state index contributed by atoms with van der Waals surface area (Å²) in [6.07, 6.45) is 2.32. The normalized spacial score (nSPS) is 22.0. The van der Waals surface area contributed by atoms with Crippen molar-refractivity contribution in [2.75, 3.05) is 18.9 Å². The van der Waals surface area contributed by atoms with Crippen molar-refractivity contribution in [1.82, 2.24) is 0 Å². The fourth-order valence-corrected chi connectivity index (χ4v) is 1.73. The number of nitrogens with two attached hydrogens (primary N) is 1. The van der Waals surface area contributed by atoms with E-state index in [1.807, 2.05) is 12.1 Å². The van der Waals surface area contributed by atoms with Crippen LogP contribution in [0.4, 0.5) is 5.69 Å². The van der Waals surface area contributed by atoms with Crippen LogP contribution in [-0.4, -0.2) is 13.2 Å². The molecule has 1 fully saturated rings. The summed E-state index contributed by atoms with van der Waals surface area (Å²) in [5.74, 6) is 0.712. The van der Waals surface area contributed by atoms with E-state index in [9.17, 15) is 0 Å². The second kappa shape index (κ2) is 3.79. The van der Waals surface area contributed by atoms with E-state index in [2.05, 4.69) is 12.1 Å². The highest BCUT2D eigenvalue weighted by Gasteiger charge is 2.15. The molecule has 1 atom stereocenters. The average molecular weight is 177 g/mol. The second-order valence-corrected chi connectivity index (χ2v) is 3.68. The van der Waals surface area contributed by atoms with Crippen LogP contribution in [0.5, 0.6) is 0 Å². The molecule has 0 aromatic heterocycles. The van der Waals surface area contributed by atoms with Crippen LogP contribution in [-0.2, 0) is 11.2 Å². The van der Waals surface area contributed by atoms with Crippen LogP contribution in [0, 0.1) is 5.92 Å². The summed E-state index contributed by atoms with van der Waals surface area (Å²) in [6, 6.07) is 8.14. The molecule has 13 heavy (non-hydrogen) atoms. The highest BCUT2D eigenvalue weighted by atomic mass is 16.5. The first-order chi connectivity index (χ1) is 6.34. The molecule has 0 amide bonds. The number of benzene rings is 1. The van der Waals surface area contributed by atoms with Gasteiger partial charge in [-0.05, 0) is 36.5 Å². The monoisotopic (exact) mass is 177 g/mol. The number of anilines is 1. The molecule has 70 valence electrons. The molecule has 1 aromatic rings. The van der Waals surface area contributed by atoms with Gasteiger partial charge in [0.25, 0.3) is 0 Å². The lowest BCUT2D eigenvalue weighted by Crippen LogP contribution is -2.03. The van der Waals surface area contributed by atoms with Crippen LogP contribution in [0.25, 0.3) is 0 Å². The second-order valence-electron chi connectivity index (χ2n) is 3.68. The Bertz CT molecular complexity index is 262. The number of ether oxygens (including phenoxy) is 1. The third kappa shape index (κ3) is 2.22. The summed E-state index contributed by atoms with van der Waals surface area (Å²) in [5, 5.41) is 0. The predicted molar refractivity (Wildman–Crippen MR) is 53.5 cm³/mol. The lowest BCUT2D eigenvalue weighted by atomic mass is 9.99. The summed E-state index contributed by atoms with van der Waals surface area (Å²) in [7, 11) is 0. The topological polar surface area (TPSA) is 35.2 Å². The van der Waals surface area contributed by atoms with E-state index in [0.717, 1.165) is 25.3 Å². The van der Waals surface area contributed by atoms with Crippen LogP contribution in [0.1, 0.15) is 12.0 Å². The van der Waals surface area contributed by atoms with Gasteiger partial charge in [0.05, 0.1) is 0 Å². The molecule has 0 bridgehead atoms. The van der Waals surface area contributed by atoms with Crippen LogP contribution >= 0.6 is 0 Å². The Morgan fingerprint density at radius 2 is 2.08 bits per heavy atom. The van der Waals surface area contributed by atoms with Crippen LogP contribution in [0.3, 0.4) is 0 Å². The van der Waals surface area contributed by atoms with Gasteiger partial charge in [0, 0.05) is 18.9 Å². The highest BCUT2D eigenvalue weighted by Crippen LogP contribution is 2.18. The fraction of sp³-hybridized carbons (Fsp3) is 0.455. The quantitative estimate of drug-likeness (QED) is 0.700. The van der Waals surface area contributed by atoms with Crippen molar-refractivity contribution in [2.45, 2.75) is 12.8 Å². The molecule has 2 nitrogen and oxygen atoms in total. The van der Waals surface area contributed by atoms with E-state index in [1.165, 1.54) is 12.0 Å². The average Bonchev–Trinajstić information content (AvgIpc) is 2.62. The minimum absolute atomic E-state index is 0.712. The molecular formula is C11H15NO. The molecule has 2 rings (SSSR count). The van der Waals surface area contributed by atoms with Crippen molar-refractivity contribution in [3.05, 3.63) is 29.8 Å². The fourth-order valence-electron chi connectivity index (χ4n) is 1.73. The summed E-state index contributed by atoms with van der Waals surface area (Å²) in [6.45, 7) is 1.85. The van der Waals surface area contributed by atoms with Gasteiger partial charge < -0.3 is 10.5 Å². The minimum atomic E-state index is 0.712. The molecule has 0 spiro atoms. The first kappa shape index (κ1) is 8.57. The molecular weight excluding hydrogens is 162 g/mol. The standard InChI is InChI=1S/C11H15NO/c12-11-3-1-9(2-4-11)7-10-5-6-13-8-10/h1-4,10H,5-8,12H2. The maximum Gasteiger partial charge on any atom is 0.0498 e. The van der Waals surface area contributed by atoms with Gasteiger partial charge in [-0.1, -0.05) is 12.1 Å². The lowest BCUT2D eigenvalue weighted by molar-refractivity contribution is 0.186. The maximum absolute atomic E-state index is 5.61. The molecule has 1 unspecified atom stereocenters. The maximum atomic E-state index is 5.61. The van der Waals surface area contributed by atoms with Gasteiger partial charge in [-0.15, -0.1) is 0 Å². The van der Waals surface area contributed by atoms with Crippen LogP contribution in [0.2, 0.25) is 0 Å². The molecule has 1 aromatic carbocycles. The minimum Gasteiger partial charge on any atom is -0.399 e. The van der Waals surface area contributed by atoms with Crippen molar-refractivity contribution >= 4 is 5.69 Å². The summed E-state index contributed by atoms with van der Waals surface area (Å²) >= 11 is 0. The molecule has 2 N–H and O–H groups in total. The van der Waals surface area contributed by atoms with Gasteiger partial charge in [0.2, 0.25) is 0 Å². The number of hydrogen-bond acceptors (Lipinski definition) is 2. The Morgan fingerprint density at radius 3 is 2.69 bits per heavy atom. The summed E-state index contributed by atoms with van der Waals surface area (Å²) in [5.41, 5.74) is 7.81. The van der Waals surface area contributed by atoms with Gasteiger partial charge in [-0.2, -0.15) is 0 Å². The Kier molecular flexibility index (Phi) is 2.50. The van der Waals surface area contributed by atoms with E-state index in [-0.39, 0.29) is 0 Å². The first-order valence-electron chi connectivity index (χ1n) is 4.77. The molecule has 1 aliphatic heterocycles. The van der Waals surface area contributed by atoms with E-state index < -0.39 is 0 Å². The third-order valence-electron chi connectivity index (χ3n) is 2.53. The Hall–Kier alpha value is -1.02. The van der Waals surface area contributed by atoms with E-state index >= 15 is 0 Å². The Morgan fingerprint density at radius 1 is 1.31 bits per heavy atom. The largest absolute Gasteiger partial charge is 0.399 e. The summed E-state index contributed by atoms with van der Waals surface area (Å²) < 4.78 is 5.33. The number of nitrogen functional groups attached to an aromatic ring is 1. The third-order valence-corrected chi connectivity index (χ3v) is 2.53. The van der Waals surface area contributed by atoms with Gasteiger partial charge in [-0.25, -0.2) is 0 Å². The molecule has 1 heterocycles. The summed E-state index contributed by atoms with van der Waals surface area (Å²) in [4.78, 5) is 0. The smallest absolute Gasteiger partial charge is 0.0498 e. The van der Waals surface area contributed by atoms with Crippen LogP contribution < -0.4 is 5.73 Å². The van der Waals surface area contributed by atoms with Crippen LogP contribution in [0.15, 0.2) is 24.3 Å². The zero-order chi connectivity index (χ0) is 9.10. The van der Waals surface area contributed by atoms with Gasteiger partial charge in [0.1, 0.15) is 0 Å². The highest BCUT2D eigenvalue weighted by molar-refractivity contribution is 5.39. The van der Waals surface area contributed by atoms with Crippen molar-refractivity contribution in [1.29, 1.82) is 0 Å². The van der Waals surface area contributed by atoms with E-state index in [0.29, 0.717) is 5.92 Å². The molecule has 0 radical (unpaired) electrons. The molecule has 0 aliphatic carbocycles. The van der Waals surface area contributed by atoms with Gasteiger partial charge in [-0.3, -0.25) is 0 Å². The SMILES string of the molecule is Nc1ccc(CC2CCOC2)cc1. The zero-order valence-electron chi connectivity index (χ0n) is 7.70. The van der Waals surface area contributed by atoms with Gasteiger partial charge in [0.15, 0.2) is 0 Å². The van der Waals surface area contributed by atoms with Crippen molar-refractivity contribution < 1.29 is 4.74 Å². The Labute approximate surface area is 78.7 Å². The lowest BCUT2D eigenvalue weighted by Gasteiger charge is -2.06. The molecule has 0 saturated carbocycles.